The lowest BCUT2D eigenvalue weighted by Crippen LogP contribution is -2.39. The molecule has 1 aliphatic rings. The van der Waals surface area contributed by atoms with Crippen molar-refractivity contribution in [2.24, 2.45) is 4.99 Å². The number of para-hydroxylation sites is 1. The molecule has 0 aliphatic heterocycles. The first-order valence-electron chi connectivity index (χ1n) is 8.27. The summed E-state index contributed by atoms with van der Waals surface area (Å²) >= 11 is 0. The highest BCUT2D eigenvalue weighted by Crippen LogP contribution is 2.18. The second-order valence-corrected chi connectivity index (χ2v) is 5.48. The molecule has 1 fully saturated rings. The molecule has 1 aliphatic carbocycles. The second-order valence-electron chi connectivity index (χ2n) is 5.48. The van der Waals surface area contributed by atoms with E-state index in [0.29, 0.717) is 18.6 Å². The van der Waals surface area contributed by atoms with Crippen molar-refractivity contribution < 1.29 is 9.53 Å². The van der Waals surface area contributed by atoms with Crippen LogP contribution >= 0.6 is 0 Å². The number of nitrogens with one attached hydrogen (secondary N) is 3. The van der Waals surface area contributed by atoms with E-state index < -0.39 is 0 Å². The summed E-state index contributed by atoms with van der Waals surface area (Å²) in [5.74, 6) is 1.53. The maximum absolute atomic E-state index is 11.6. The van der Waals surface area contributed by atoms with Crippen LogP contribution in [0.1, 0.15) is 26.2 Å². The minimum absolute atomic E-state index is 0.0166. The number of hydrogen-bond acceptors (Lipinski definition) is 3. The molecule has 0 atom stereocenters. The fraction of sp³-hybridized carbons (Fsp3) is 0.529. The van der Waals surface area contributed by atoms with E-state index in [1.807, 2.05) is 37.3 Å². The standard InChI is InChI=1S/C17H26N4O2/c1-2-18-17(20-13-16(22)21-14-9-10-14)19-11-6-12-23-15-7-4-3-5-8-15/h3-5,7-8,14H,2,6,9-13H2,1H3,(H,21,22)(H2,18,19,20). The Morgan fingerprint density at radius 2 is 2.04 bits per heavy atom. The molecule has 0 aromatic heterocycles. The molecule has 1 aromatic rings. The number of nitrogens with zero attached hydrogens (tertiary/aromatic N) is 1. The van der Waals surface area contributed by atoms with E-state index in [4.69, 9.17) is 4.74 Å². The minimum atomic E-state index is -0.0166. The molecule has 0 heterocycles. The minimum Gasteiger partial charge on any atom is -0.494 e. The molecule has 1 aromatic carbocycles. The molecule has 23 heavy (non-hydrogen) atoms. The van der Waals surface area contributed by atoms with Gasteiger partial charge in [-0.05, 0) is 38.3 Å². The monoisotopic (exact) mass is 318 g/mol. The average molecular weight is 318 g/mol. The molecular formula is C17H26N4O2. The van der Waals surface area contributed by atoms with Gasteiger partial charge in [-0.2, -0.15) is 0 Å². The van der Waals surface area contributed by atoms with E-state index in [9.17, 15) is 4.79 Å². The van der Waals surface area contributed by atoms with Crippen LogP contribution < -0.4 is 20.7 Å². The van der Waals surface area contributed by atoms with Crippen molar-refractivity contribution >= 4 is 11.9 Å². The molecule has 6 heteroatoms. The first kappa shape index (κ1) is 17.1. The highest BCUT2D eigenvalue weighted by atomic mass is 16.5. The number of benzene rings is 1. The maximum atomic E-state index is 11.6. The van der Waals surface area contributed by atoms with E-state index in [-0.39, 0.29) is 12.5 Å². The Morgan fingerprint density at radius 1 is 1.26 bits per heavy atom. The third-order valence-electron chi connectivity index (χ3n) is 3.29. The molecule has 1 saturated carbocycles. The molecule has 6 nitrogen and oxygen atoms in total. The van der Waals surface area contributed by atoms with E-state index in [1.54, 1.807) is 0 Å². The number of hydrogen-bond donors (Lipinski definition) is 3. The molecule has 0 radical (unpaired) electrons. The van der Waals surface area contributed by atoms with Crippen molar-refractivity contribution in [1.82, 2.24) is 16.0 Å². The summed E-state index contributed by atoms with van der Waals surface area (Å²) in [5.41, 5.74) is 0. The number of carbonyl (C=O) groups is 1. The Kier molecular flexibility index (Phi) is 7.23. The average Bonchev–Trinajstić information content (AvgIpc) is 3.37. The molecule has 0 spiro atoms. The summed E-state index contributed by atoms with van der Waals surface area (Å²) in [7, 11) is 0. The van der Waals surface area contributed by atoms with Crippen LogP contribution in [0, 0.1) is 0 Å². The molecule has 126 valence electrons. The molecule has 0 unspecified atom stereocenters. The van der Waals surface area contributed by atoms with E-state index in [2.05, 4.69) is 20.9 Å². The summed E-state index contributed by atoms with van der Waals surface area (Å²) in [6, 6.07) is 10.1. The summed E-state index contributed by atoms with van der Waals surface area (Å²) in [6.45, 7) is 4.30. The van der Waals surface area contributed by atoms with E-state index in [0.717, 1.165) is 38.1 Å². The Morgan fingerprint density at radius 3 is 2.74 bits per heavy atom. The highest BCUT2D eigenvalue weighted by molar-refractivity contribution is 5.85. The van der Waals surface area contributed by atoms with Crippen LogP contribution in [0.5, 0.6) is 5.75 Å². The van der Waals surface area contributed by atoms with Crippen LogP contribution in [0.3, 0.4) is 0 Å². The quantitative estimate of drug-likeness (QED) is 0.364. The molecule has 0 saturated heterocycles. The van der Waals surface area contributed by atoms with Crippen molar-refractivity contribution in [2.45, 2.75) is 32.2 Å². The van der Waals surface area contributed by atoms with Crippen molar-refractivity contribution in [2.75, 3.05) is 26.2 Å². The Balaban J connectivity index is 1.62. The van der Waals surface area contributed by atoms with E-state index in [1.165, 1.54) is 0 Å². The summed E-state index contributed by atoms with van der Waals surface area (Å²) in [6.07, 6.45) is 3.04. The lowest BCUT2D eigenvalue weighted by Gasteiger charge is -2.11. The van der Waals surface area contributed by atoms with Gasteiger partial charge in [0.1, 0.15) is 12.3 Å². The van der Waals surface area contributed by atoms with Crippen molar-refractivity contribution in [1.29, 1.82) is 0 Å². The lowest BCUT2D eigenvalue weighted by atomic mass is 10.3. The van der Waals surface area contributed by atoms with Gasteiger partial charge in [-0.25, -0.2) is 4.99 Å². The largest absolute Gasteiger partial charge is 0.494 e. The number of aliphatic imine (C=N–C) groups is 1. The molecule has 0 bridgehead atoms. The highest BCUT2D eigenvalue weighted by Gasteiger charge is 2.22. The van der Waals surface area contributed by atoms with Crippen LogP contribution in [-0.4, -0.2) is 44.1 Å². The van der Waals surface area contributed by atoms with Crippen molar-refractivity contribution in [3.05, 3.63) is 30.3 Å². The van der Waals surface area contributed by atoms with Gasteiger partial charge in [0.15, 0.2) is 5.96 Å². The molecule has 2 rings (SSSR count). The number of amides is 1. The van der Waals surface area contributed by atoms with Gasteiger partial charge in [0.2, 0.25) is 5.91 Å². The second kappa shape index (κ2) is 9.71. The third kappa shape index (κ3) is 7.54. The topological polar surface area (TPSA) is 74.8 Å². The zero-order valence-corrected chi connectivity index (χ0v) is 13.7. The Bertz CT molecular complexity index is 501. The fourth-order valence-corrected chi connectivity index (χ4v) is 1.98. The SMILES string of the molecule is CCNC(=NCC(=O)NC1CC1)NCCCOc1ccccc1. The predicted octanol–water partition coefficient (Wildman–Crippen LogP) is 1.29. The number of rotatable bonds is 9. The lowest BCUT2D eigenvalue weighted by molar-refractivity contribution is -0.119. The Hall–Kier alpha value is -2.24. The van der Waals surface area contributed by atoms with Gasteiger partial charge < -0.3 is 20.7 Å². The number of guanidine groups is 1. The fourth-order valence-electron chi connectivity index (χ4n) is 1.98. The molecule has 3 N–H and O–H groups in total. The third-order valence-corrected chi connectivity index (χ3v) is 3.29. The normalized spacial score (nSPS) is 14.2. The maximum Gasteiger partial charge on any atom is 0.242 e. The van der Waals surface area contributed by atoms with Gasteiger partial charge in [0.25, 0.3) is 0 Å². The summed E-state index contributed by atoms with van der Waals surface area (Å²) in [5, 5.41) is 9.27. The first-order valence-corrected chi connectivity index (χ1v) is 8.27. The Labute approximate surface area is 137 Å². The summed E-state index contributed by atoms with van der Waals surface area (Å²) in [4.78, 5) is 15.9. The van der Waals surface area contributed by atoms with Crippen LogP contribution in [0.15, 0.2) is 35.3 Å². The first-order chi connectivity index (χ1) is 11.3. The predicted molar refractivity (Wildman–Crippen MR) is 91.7 cm³/mol. The van der Waals surface area contributed by atoms with Gasteiger partial charge >= 0.3 is 0 Å². The van der Waals surface area contributed by atoms with Crippen LogP contribution in [0.4, 0.5) is 0 Å². The van der Waals surface area contributed by atoms with E-state index >= 15 is 0 Å². The van der Waals surface area contributed by atoms with Gasteiger partial charge in [-0.3, -0.25) is 4.79 Å². The van der Waals surface area contributed by atoms with Crippen molar-refractivity contribution in [3.63, 3.8) is 0 Å². The van der Waals surface area contributed by atoms with Crippen molar-refractivity contribution in [3.8, 4) is 5.75 Å². The van der Waals surface area contributed by atoms with Crippen LogP contribution in [0.25, 0.3) is 0 Å². The molecule has 1 amide bonds. The molecular weight excluding hydrogens is 292 g/mol. The zero-order chi connectivity index (χ0) is 16.3. The van der Waals surface area contributed by atoms with Gasteiger partial charge in [0.05, 0.1) is 6.61 Å². The van der Waals surface area contributed by atoms with Crippen LogP contribution in [-0.2, 0) is 4.79 Å². The van der Waals surface area contributed by atoms with Crippen LogP contribution in [0.2, 0.25) is 0 Å². The van der Waals surface area contributed by atoms with Gasteiger partial charge in [0, 0.05) is 19.1 Å². The van der Waals surface area contributed by atoms with Gasteiger partial charge in [-0.1, -0.05) is 18.2 Å². The smallest absolute Gasteiger partial charge is 0.242 e. The van der Waals surface area contributed by atoms with Gasteiger partial charge in [-0.15, -0.1) is 0 Å². The number of carbonyl (C=O) groups excluding carboxylic acids is 1. The summed E-state index contributed by atoms with van der Waals surface area (Å²) < 4.78 is 5.63. The number of ether oxygens (including phenoxy) is 1. The zero-order valence-electron chi connectivity index (χ0n) is 13.7.